The molecule has 3 heteroatoms. The zero-order valence-corrected chi connectivity index (χ0v) is 10.7. The maximum atomic E-state index is 5.68. The summed E-state index contributed by atoms with van der Waals surface area (Å²) >= 11 is 0. The molecule has 0 amide bonds. The fraction of sp³-hybridized carbons (Fsp3) is 1.00. The average molecular weight is 225 g/mol. The van der Waals surface area contributed by atoms with E-state index >= 15 is 0 Å². The van der Waals surface area contributed by atoms with E-state index in [-0.39, 0.29) is 0 Å². The Morgan fingerprint density at radius 2 is 1.88 bits per heavy atom. The molecule has 1 aliphatic carbocycles. The summed E-state index contributed by atoms with van der Waals surface area (Å²) in [6, 6.07) is 0.730. The lowest BCUT2D eigenvalue weighted by Gasteiger charge is -2.39. The summed E-state index contributed by atoms with van der Waals surface area (Å²) in [6.07, 6.45) is 5.37. The van der Waals surface area contributed by atoms with Crippen molar-refractivity contribution in [2.75, 3.05) is 39.3 Å². The van der Waals surface area contributed by atoms with Crippen LogP contribution in [0.25, 0.3) is 0 Å². The van der Waals surface area contributed by atoms with Gasteiger partial charge in [0.1, 0.15) is 0 Å². The molecule has 0 bridgehead atoms. The first-order chi connectivity index (χ1) is 7.83. The van der Waals surface area contributed by atoms with Crippen molar-refractivity contribution in [1.29, 1.82) is 0 Å². The van der Waals surface area contributed by atoms with Gasteiger partial charge >= 0.3 is 0 Å². The first-order valence-electron chi connectivity index (χ1n) is 7.00. The molecule has 2 aliphatic rings. The molecule has 3 nitrogen and oxygen atoms in total. The maximum absolute atomic E-state index is 5.68. The molecule has 0 spiro atoms. The third-order valence-corrected chi connectivity index (χ3v) is 4.11. The van der Waals surface area contributed by atoms with Crippen LogP contribution in [0, 0.1) is 5.92 Å². The summed E-state index contributed by atoms with van der Waals surface area (Å²) in [6.45, 7) is 9.55. The summed E-state index contributed by atoms with van der Waals surface area (Å²) in [5.74, 6) is 1.04. The van der Waals surface area contributed by atoms with Crippen LogP contribution in [-0.4, -0.2) is 55.1 Å². The minimum Gasteiger partial charge on any atom is -0.330 e. The van der Waals surface area contributed by atoms with E-state index in [1.807, 2.05) is 0 Å². The predicted octanol–water partition coefficient (Wildman–Crippen LogP) is 1.14. The number of rotatable bonds is 6. The van der Waals surface area contributed by atoms with E-state index in [0.29, 0.717) is 0 Å². The third-order valence-electron chi connectivity index (χ3n) is 4.11. The third kappa shape index (κ3) is 3.44. The first kappa shape index (κ1) is 12.3. The molecule has 1 saturated carbocycles. The minimum atomic E-state index is 0.730. The molecule has 1 atom stereocenters. The quantitative estimate of drug-likeness (QED) is 0.736. The fourth-order valence-corrected chi connectivity index (χ4v) is 2.81. The van der Waals surface area contributed by atoms with E-state index < -0.39 is 0 Å². The summed E-state index contributed by atoms with van der Waals surface area (Å²) in [5, 5.41) is 0. The van der Waals surface area contributed by atoms with Crippen LogP contribution in [0.1, 0.15) is 32.6 Å². The SMILES string of the molecule is CCC(CCN)N1CCN(CC2CC2)CC1. The molecule has 2 fully saturated rings. The molecule has 1 heterocycles. The molecule has 0 radical (unpaired) electrons. The van der Waals surface area contributed by atoms with Crippen LogP contribution in [0.2, 0.25) is 0 Å². The van der Waals surface area contributed by atoms with Crippen LogP contribution >= 0.6 is 0 Å². The average Bonchev–Trinajstić information content (AvgIpc) is 3.11. The number of hydrogen-bond acceptors (Lipinski definition) is 3. The van der Waals surface area contributed by atoms with Crippen molar-refractivity contribution in [3.8, 4) is 0 Å². The Hall–Kier alpha value is -0.120. The summed E-state index contributed by atoms with van der Waals surface area (Å²) < 4.78 is 0. The Balaban J connectivity index is 1.70. The van der Waals surface area contributed by atoms with Gasteiger partial charge in [-0.2, -0.15) is 0 Å². The normalized spacial score (nSPS) is 25.9. The van der Waals surface area contributed by atoms with E-state index in [2.05, 4.69) is 16.7 Å². The van der Waals surface area contributed by atoms with Gasteiger partial charge in [0, 0.05) is 38.8 Å². The minimum absolute atomic E-state index is 0.730. The Morgan fingerprint density at radius 3 is 2.38 bits per heavy atom. The van der Waals surface area contributed by atoms with E-state index in [0.717, 1.165) is 18.5 Å². The van der Waals surface area contributed by atoms with Crippen LogP contribution in [0.15, 0.2) is 0 Å². The van der Waals surface area contributed by atoms with Gasteiger partial charge in [-0.25, -0.2) is 0 Å². The summed E-state index contributed by atoms with van der Waals surface area (Å²) in [5.41, 5.74) is 5.68. The Bertz CT molecular complexity index is 195. The number of hydrogen-bond donors (Lipinski definition) is 1. The second kappa shape index (κ2) is 5.99. The highest BCUT2D eigenvalue weighted by molar-refractivity contribution is 4.82. The second-order valence-corrected chi connectivity index (χ2v) is 5.42. The van der Waals surface area contributed by atoms with Gasteiger partial charge in [-0.05, 0) is 38.1 Å². The number of nitrogens with zero attached hydrogens (tertiary/aromatic N) is 2. The largest absolute Gasteiger partial charge is 0.330 e. The van der Waals surface area contributed by atoms with Crippen molar-refractivity contribution in [3.63, 3.8) is 0 Å². The van der Waals surface area contributed by atoms with Gasteiger partial charge in [0.15, 0.2) is 0 Å². The highest BCUT2D eigenvalue weighted by Gasteiger charge is 2.27. The van der Waals surface area contributed by atoms with Crippen molar-refractivity contribution in [1.82, 2.24) is 9.80 Å². The van der Waals surface area contributed by atoms with E-state index in [1.54, 1.807) is 0 Å². The number of piperazine rings is 1. The van der Waals surface area contributed by atoms with Crippen LogP contribution < -0.4 is 5.73 Å². The van der Waals surface area contributed by atoms with Crippen molar-refractivity contribution in [2.45, 2.75) is 38.6 Å². The molecule has 1 aliphatic heterocycles. The molecule has 2 rings (SSSR count). The highest BCUT2D eigenvalue weighted by Crippen LogP contribution is 2.30. The molecule has 2 N–H and O–H groups in total. The summed E-state index contributed by atoms with van der Waals surface area (Å²) in [4.78, 5) is 5.31. The smallest absolute Gasteiger partial charge is 0.0113 e. The van der Waals surface area contributed by atoms with Gasteiger partial charge in [-0.3, -0.25) is 4.90 Å². The lowest BCUT2D eigenvalue weighted by molar-refractivity contribution is 0.0885. The monoisotopic (exact) mass is 225 g/mol. The van der Waals surface area contributed by atoms with Crippen molar-refractivity contribution in [2.24, 2.45) is 11.7 Å². The molecule has 1 saturated heterocycles. The van der Waals surface area contributed by atoms with E-state index in [9.17, 15) is 0 Å². The molecule has 1 unspecified atom stereocenters. The first-order valence-corrected chi connectivity index (χ1v) is 7.00. The van der Waals surface area contributed by atoms with Crippen LogP contribution in [0.3, 0.4) is 0 Å². The highest BCUT2D eigenvalue weighted by atomic mass is 15.3. The molecule has 0 aromatic rings. The standard InChI is InChI=1S/C13H27N3/c1-2-13(5-6-14)16-9-7-15(8-10-16)11-12-3-4-12/h12-13H,2-11,14H2,1H3. The van der Waals surface area contributed by atoms with Gasteiger partial charge in [0.25, 0.3) is 0 Å². The fourth-order valence-electron chi connectivity index (χ4n) is 2.81. The van der Waals surface area contributed by atoms with Gasteiger partial charge < -0.3 is 10.6 Å². The lowest BCUT2D eigenvalue weighted by Crippen LogP contribution is -2.50. The molecule has 16 heavy (non-hydrogen) atoms. The van der Waals surface area contributed by atoms with Gasteiger partial charge in [0.2, 0.25) is 0 Å². The van der Waals surface area contributed by atoms with Crippen molar-refractivity contribution in [3.05, 3.63) is 0 Å². The number of nitrogens with two attached hydrogens (primary N) is 1. The Kier molecular flexibility index (Phi) is 4.62. The van der Waals surface area contributed by atoms with E-state index in [1.165, 1.54) is 58.4 Å². The van der Waals surface area contributed by atoms with Crippen LogP contribution in [0.4, 0.5) is 0 Å². The predicted molar refractivity (Wildman–Crippen MR) is 68.5 cm³/mol. The molecular weight excluding hydrogens is 198 g/mol. The maximum Gasteiger partial charge on any atom is 0.0113 e. The lowest BCUT2D eigenvalue weighted by atomic mass is 10.1. The van der Waals surface area contributed by atoms with Crippen LogP contribution in [0.5, 0.6) is 0 Å². The summed E-state index contributed by atoms with van der Waals surface area (Å²) in [7, 11) is 0. The Morgan fingerprint density at radius 1 is 1.19 bits per heavy atom. The van der Waals surface area contributed by atoms with Gasteiger partial charge in [0.05, 0.1) is 0 Å². The Labute approximate surface area is 100.0 Å². The second-order valence-electron chi connectivity index (χ2n) is 5.42. The van der Waals surface area contributed by atoms with Crippen molar-refractivity contribution >= 4 is 0 Å². The zero-order chi connectivity index (χ0) is 11.4. The van der Waals surface area contributed by atoms with Gasteiger partial charge in [-0.1, -0.05) is 6.92 Å². The van der Waals surface area contributed by atoms with Gasteiger partial charge in [-0.15, -0.1) is 0 Å². The van der Waals surface area contributed by atoms with E-state index in [4.69, 9.17) is 5.73 Å². The topological polar surface area (TPSA) is 32.5 Å². The van der Waals surface area contributed by atoms with Crippen LogP contribution in [-0.2, 0) is 0 Å². The molecule has 94 valence electrons. The van der Waals surface area contributed by atoms with Crippen molar-refractivity contribution < 1.29 is 0 Å². The molecular formula is C13H27N3. The molecule has 0 aromatic heterocycles. The zero-order valence-electron chi connectivity index (χ0n) is 10.7. The molecule has 0 aromatic carbocycles.